The Balaban J connectivity index is 1.51. The maximum atomic E-state index is 12.9. The van der Waals surface area contributed by atoms with Crippen LogP contribution in [0.15, 0.2) is 71.2 Å². The molecule has 4 N–H and O–H groups in total. The van der Waals surface area contributed by atoms with Gasteiger partial charge in [0.15, 0.2) is 0 Å². The number of phenolic OH excluding ortho intramolecular Hbond substituents is 1. The van der Waals surface area contributed by atoms with Gasteiger partial charge in [0.05, 0.1) is 41.5 Å². The first kappa shape index (κ1) is 24.5. The molecule has 0 aliphatic carbocycles. The summed E-state index contributed by atoms with van der Waals surface area (Å²) in [5.74, 6) is -0.523. The first-order valence-corrected chi connectivity index (χ1v) is 12.8. The van der Waals surface area contributed by atoms with Crippen molar-refractivity contribution in [2.24, 2.45) is 0 Å². The molecule has 1 amide bonds. The average Bonchev–Trinajstić information content (AvgIpc) is 3.55. The number of pyridine rings is 1. The number of thiophene rings is 1. The second kappa shape index (κ2) is 10.7. The number of benzene rings is 1. The molecule has 13 heteroatoms. The van der Waals surface area contributed by atoms with Crippen LogP contribution in [-0.2, 0) is 27.8 Å². The van der Waals surface area contributed by atoms with Crippen molar-refractivity contribution < 1.29 is 23.5 Å². The van der Waals surface area contributed by atoms with Gasteiger partial charge in [0, 0.05) is 6.20 Å². The molecule has 0 aliphatic rings. The van der Waals surface area contributed by atoms with E-state index in [9.17, 15) is 18.3 Å². The average molecular weight is 515 g/mol. The number of phenols is 1. The third-order valence-electron chi connectivity index (χ3n) is 5.16. The van der Waals surface area contributed by atoms with E-state index in [4.69, 9.17) is 5.21 Å². The minimum atomic E-state index is -3.83. The van der Waals surface area contributed by atoms with Crippen LogP contribution in [-0.4, -0.2) is 44.6 Å². The summed E-state index contributed by atoms with van der Waals surface area (Å²) in [6.07, 6.45) is 3.26. The number of nitrogens with one attached hydrogen (secondary N) is 2. The van der Waals surface area contributed by atoms with Crippen molar-refractivity contribution >= 4 is 27.3 Å². The summed E-state index contributed by atoms with van der Waals surface area (Å²) in [5.41, 5.74) is 3.53. The zero-order valence-corrected chi connectivity index (χ0v) is 19.9. The summed E-state index contributed by atoms with van der Waals surface area (Å²) in [6, 6.07) is 14.5. The van der Waals surface area contributed by atoms with Gasteiger partial charge in [-0.05, 0) is 48.4 Å². The Bertz CT molecular complexity index is 1390. The summed E-state index contributed by atoms with van der Waals surface area (Å²) in [6.45, 7) is -0.112. The number of hydroxylamine groups is 1. The maximum absolute atomic E-state index is 12.9. The molecule has 0 spiro atoms. The van der Waals surface area contributed by atoms with E-state index in [2.05, 4.69) is 20.0 Å². The van der Waals surface area contributed by atoms with E-state index >= 15 is 0 Å². The van der Waals surface area contributed by atoms with Gasteiger partial charge < -0.3 is 5.11 Å². The highest BCUT2D eigenvalue weighted by Crippen LogP contribution is 2.29. The predicted molar refractivity (Wildman–Crippen MR) is 127 cm³/mol. The molecule has 0 bridgehead atoms. The molecule has 1 atom stereocenters. The number of hydrogen-bond acceptors (Lipinski definition) is 9. The van der Waals surface area contributed by atoms with E-state index < -0.39 is 22.0 Å². The Morgan fingerprint density at radius 1 is 1.11 bits per heavy atom. The van der Waals surface area contributed by atoms with Gasteiger partial charge in [0.2, 0.25) is 15.9 Å². The summed E-state index contributed by atoms with van der Waals surface area (Å²) in [4.78, 5) is 16.9. The second-order valence-corrected chi connectivity index (χ2v) is 10.7. The van der Waals surface area contributed by atoms with Crippen LogP contribution in [0.4, 0.5) is 0 Å². The lowest BCUT2D eigenvalue weighted by Gasteiger charge is -2.19. The third-order valence-corrected chi connectivity index (χ3v) is 8.16. The molecule has 11 nitrogen and oxygen atoms in total. The van der Waals surface area contributed by atoms with Gasteiger partial charge in [-0.15, -0.1) is 16.4 Å². The standard InChI is InChI=1S/C22H22N6O5S2/c29-18-6-4-15(5-7-18)11-16(12-21(30)26-31)28-17(13-24-27-28)14-25-35(32,33)22-9-8-20(34-22)19-3-1-2-10-23-19/h1-10,13,16,25,29,31H,11-12,14H2,(H,26,30). The van der Waals surface area contributed by atoms with Crippen molar-refractivity contribution in [2.45, 2.75) is 29.6 Å². The molecule has 3 heterocycles. The Kier molecular flexibility index (Phi) is 7.51. The first-order valence-electron chi connectivity index (χ1n) is 10.5. The van der Waals surface area contributed by atoms with Crippen LogP contribution in [0.5, 0.6) is 5.75 Å². The van der Waals surface area contributed by atoms with E-state index in [1.165, 1.54) is 29.1 Å². The lowest BCUT2D eigenvalue weighted by Crippen LogP contribution is -2.28. The minimum Gasteiger partial charge on any atom is -0.508 e. The smallest absolute Gasteiger partial charge is 0.250 e. The minimum absolute atomic E-state index is 0.106. The van der Waals surface area contributed by atoms with Crippen LogP contribution in [0.2, 0.25) is 0 Å². The Morgan fingerprint density at radius 2 is 1.91 bits per heavy atom. The van der Waals surface area contributed by atoms with Crippen LogP contribution in [0.3, 0.4) is 0 Å². The van der Waals surface area contributed by atoms with Gasteiger partial charge >= 0.3 is 0 Å². The number of amides is 1. The molecule has 4 rings (SSSR count). The molecule has 0 saturated carbocycles. The van der Waals surface area contributed by atoms with E-state index in [1.54, 1.807) is 42.0 Å². The topological polar surface area (TPSA) is 159 Å². The molecule has 3 aromatic heterocycles. The quantitative estimate of drug-likeness (QED) is 0.185. The second-order valence-electron chi connectivity index (χ2n) is 7.59. The van der Waals surface area contributed by atoms with Crippen LogP contribution in [0.25, 0.3) is 10.6 Å². The number of carbonyl (C=O) groups excluding carboxylic acids is 1. The van der Waals surface area contributed by atoms with Crippen LogP contribution < -0.4 is 10.2 Å². The van der Waals surface area contributed by atoms with Crippen molar-refractivity contribution in [2.75, 3.05) is 0 Å². The highest BCUT2D eigenvalue weighted by Gasteiger charge is 2.23. The van der Waals surface area contributed by atoms with Gasteiger partial charge in [-0.3, -0.25) is 15.0 Å². The highest BCUT2D eigenvalue weighted by molar-refractivity contribution is 7.91. The monoisotopic (exact) mass is 514 g/mol. The molecule has 1 unspecified atom stereocenters. The highest BCUT2D eigenvalue weighted by atomic mass is 32.2. The molecule has 0 radical (unpaired) electrons. The van der Waals surface area contributed by atoms with E-state index in [-0.39, 0.29) is 22.9 Å². The number of nitrogens with zero attached hydrogens (tertiary/aromatic N) is 4. The Labute approximate surface area is 205 Å². The molecular formula is C22H22N6O5S2. The molecule has 1 aromatic carbocycles. The van der Waals surface area contributed by atoms with Crippen LogP contribution in [0, 0.1) is 0 Å². The fourth-order valence-electron chi connectivity index (χ4n) is 3.46. The summed E-state index contributed by atoms with van der Waals surface area (Å²) >= 11 is 1.10. The number of carbonyl (C=O) groups is 1. The molecule has 182 valence electrons. The Hall–Kier alpha value is -3.65. The van der Waals surface area contributed by atoms with Gasteiger partial charge in [-0.1, -0.05) is 23.4 Å². The zero-order valence-electron chi connectivity index (χ0n) is 18.3. The van der Waals surface area contributed by atoms with E-state index in [0.29, 0.717) is 17.8 Å². The number of aromatic nitrogens is 4. The molecule has 4 aromatic rings. The largest absolute Gasteiger partial charge is 0.508 e. The van der Waals surface area contributed by atoms with Gasteiger partial charge in [0.25, 0.3) is 0 Å². The van der Waals surface area contributed by atoms with Crippen LogP contribution in [0.1, 0.15) is 23.7 Å². The Morgan fingerprint density at radius 3 is 2.63 bits per heavy atom. The number of aromatic hydroxyl groups is 1. The molecule has 0 aliphatic heterocycles. The van der Waals surface area contributed by atoms with E-state index in [0.717, 1.165) is 21.8 Å². The summed E-state index contributed by atoms with van der Waals surface area (Å²) in [5, 5.41) is 26.5. The van der Waals surface area contributed by atoms with Gasteiger partial charge in [0.1, 0.15) is 9.96 Å². The van der Waals surface area contributed by atoms with Crippen molar-refractivity contribution in [3.05, 3.63) is 78.2 Å². The lowest BCUT2D eigenvalue weighted by molar-refractivity contribution is -0.130. The summed E-state index contributed by atoms with van der Waals surface area (Å²) < 4.78 is 30.0. The lowest BCUT2D eigenvalue weighted by atomic mass is 10.0. The summed E-state index contributed by atoms with van der Waals surface area (Å²) in [7, 11) is -3.83. The van der Waals surface area contributed by atoms with Gasteiger partial charge in [-0.25, -0.2) is 23.3 Å². The van der Waals surface area contributed by atoms with Gasteiger partial charge in [-0.2, -0.15) is 0 Å². The number of hydrogen-bond donors (Lipinski definition) is 4. The molecule has 0 saturated heterocycles. The number of sulfonamides is 1. The molecule has 35 heavy (non-hydrogen) atoms. The molecular weight excluding hydrogens is 492 g/mol. The normalized spacial score (nSPS) is 12.4. The van der Waals surface area contributed by atoms with Crippen molar-refractivity contribution in [3.63, 3.8) is 0 Å². The SMILES string of the molecule is O=C(CC(Cc1ccc(O)cc1)n1nncc1CNS(=O)(=O)c1ccc(-c2ccccn2)s1)NO. The number of rotatable bonds is 10. The zero-order chi connectivity index (χ0) is 24.8. The fraction of sp³-hybridized carbons (Fsp3) is 0.182. The van der Waals surface area contributed by atoms with Crippen molar-refractivity contribution in [1.29, 1.82) is 0 Å². The van der Waals surface area contributed by atoms with Crippen molar-refractivity contribution in [3.8, 4) is 16.3 Å². The third kappa shape index (κ3) is 6.08. The maximum Gasteiger partial charge on any atom is 0.250 e. The first-order chi connectivity index (χ1) is 16.9. The predicted octanol–water partition coefficient (Wildman–Crippen LogP) is 2.27. The van der Waals surface area contributed by atoms with Crippen molar-refractivity contribution in [1.82, 2.24) is 30.2 Å². The van der Waals surface area contributed by atoms with Crippen LogP contribution >= 0.6 is 11.3 Å². The molecule has 0 fully saturated rings. The van der Waals surface area contributed by atoms with E-state index in [1.807, 2.05) is 6.07 Å². The fourth-order valence-corrected chi connectivity index (χ4v) is 5.79.